The van der Waals surface area contributed by atoms with Gasteiger partial charge in [-0.1, -0.05) is 6.92 Å². The fraction of sp³-hybridized carbons (Fsp3) is 0.0909. The zero-order valence-corrected chi connectivity index (χ0v) is 9.65. The smallest absolute Gasteiger partial charge is 0 e. The molecular weight excluding hydrogens is 223 g/mol. The summed E-state index contributed by atoms with van der Waals surface area (Å²) in [5, 5.41) is 0. The van der Waals surface area contributed by atoms with Crippen molar-refractivity contribution in [3.8, 4) is 0 Å². The second-order valence-corrected chi connectivity index (χ2v) is 2.42. The second kappa shape index (κ2) is 7.24. The first kappa shape index (κ1) is 11.6. The normalized spacial score (nSPS) is 7.75. The first-order valence-corrected chi connectivity index (χ1v) is 3.74. The molecule has 2 aromatic rings. The third-order valence-corrected chi connectivity index (χ3v) is 1.38. The maximum absolute atomic E-state index is 2.08. The van der Waals surface area contributed by atoms with Gasteiger partial charge in [-0.05, 0) is 0 Å². The van der Waals surface area contributed by atoms with Gasteiger partial charge in [0.1, 0.15) is 0 Å². The van der Waals surface area contributed by atoms with Crippen molar-refractivity contribution in [1.29, 1.82) is 0 Å². The maximum Gasteiger partial charge on any atom is 0 e. The molecule has 0 aliphatic heterocycles. The Labute approximate surface area is 93.1 Å². The van der Waals surface area contributed by atoms with Gasteiger partial charge in [0.05, 0.1) is 0 Å². The molecular formula is C11H12Zr-6. The van der Waals surface area contributed by atoms with E-state index >= 15 is 0 Å². The Morgan fingerprint density at radius 2 is 1.17 bits per heavy atom. The van der Waals surface area contributed by atoms with E-state index in [1.54, 1.807) is 0 Å². The van der Waals surface area contributed by atoms with Crippen molar-refractivity contribution in [3.05, 3.63) is 60.2 Å². The predicted octanol–water partition coefficient (Wildman–Crippen LogP) is 3.12. The summed E-state index contributed by atoms with van der Waals surface area (Å²) in [6, 6.07) is 18.2. The standard InChI is InChI=1S/C6H7.C5H5.Zr/c1-6-4-2-3-5-6;1-2-4-5-3-1;/h2-5H,1H3;1-5H;/q-1;-5;. The quantitative estimate of drug-likeness (QED) is 0.616. The summed E-state index contributed by atoms with van der Waals surface area (Å²) in [6.45, 7) is 2.08. The Morgan fingerprint density at radius 1 is 0.833 bits per heavy atom. The minimum Gasteiger partial charge on any atom is -0.748 e. The largest absolute Gasteiger partial charge is 0.748 e. The zero-order valence-electron chi connectivity index (χ0n) is 7.20. The van der Waals surface area contributed by atoms with Crippen molar-refractivity contribution in [2.75, 3.05) is 0 Å². The van der Waals surface area contributed by atoms with Crippen LogP contribution in [-0.4, -0.2) is 0 Å². The zero-order chi connectivity index (χ0) is 7.94. The molecule has 12 heavy (non-hydrogen) atoms. The van der Waals surface area contributed by atoms with E-state index in [1.165, 1.54) is 5.56 Å². The van der Waals surface area contributed by atoms with Gasteiger partial charge < -0.3 is 30.3 Å². The van der Waals surface area contributed by atoms with E-state index in [0.29, 0.717) is 0 Å². The Hall–Kier alpha value is -0.417. The van der Waals surface area contributed by atoms with Gasteiger partial charge in [0.25, 0.3) is 0 Å². The molecule has 0 radical (unpaired) electrons. The first-order chi connectivity index (χ1) is 5.39. The van der Waals surface area contributed by atoms with Gasteiger partial charge in [-0.15, -0.1) is 0 Å². The fourth-order valence-electron chi connectivity index (χ4n) is 0.791. The van der Waals surface area contributed by atoms with Gasteiger partial charge in [-0.3, -0.25) is 0 Å². The third kappa shape index (κ3) is 5.26. The second-order valence-electron chi connectivity index (χ2n) is 2.42. The molecule has 0 fully saturated rings. The molecule has 0 saturated carbocycles. The fourth-order valence-corrected chi connectivity index (χ4v) is 0.791. The molecule has 0 nitrogen and oxygen atoms in total. The number of hydrogen-bond acceptors (Lipinski definition) is 0. The van der Waals surface area contributed by atoms with E-state index in [-0.39, 0.29) is 26.2 Å². The summed E-state index contributed by atoms with van der Waals surface area (Å²) >= 11 is 0. The molecule has 1 heteroatoms. The van der Waals surface area contributed by atoms with Crippen molar-refractivity contribution < 1.29 is 26.2 Å². The molecule has 2 aromatic carbocycles. The van der Waals surface area contributed by atoms with E-state index in [2.05, 4.69) is 19.1 Å². The van der Waals surface area contributed by atoms with Crippen molar-refractivity contribution in [2.45, 2.75) is 6.92 Å². The van der Waals surface area contributed by atoms with E-state index in [0.717, 1.165) is 0 Å². The van der Waals surface area contributed by atoms with Crippen molar-refractivity contribution >= 4 is 0 Å². The van der Waals surface area contributed by atoms with Crippen LogP contribution < -0.4 is 0 Å². The van der Waals surface area contributed by atoms with Crippen LogP contribution in [0.2, 0.25) is 0 Å². The predicted molar refractivity (Wildman–Crippen MR) is 48.8 cm³/mol. The molecule has 0 heterocycles. The summed E-state index contributed by atoms with van der Waals surface area (Å²) < 4.78 is 0. The number of rotatable bonds is 0. The number of hydrogen-bond donors (Lipinski definition) is 0. The van der Waals surface area contributed by atoms with Gasteiger partial charge >= 0.3 is 0 Å². The molecule has 2 rings (SSSR count). The molecule has 0 N–H and O–H groups in total. The van der Waals surface area contributed by atoms with Crippen LogP contribution in [0.3, 0.4) is 0 Å². The van der Waals surface area contributed by atoms with Gasteiger partial charge in [0.2, 0.25) is 0 Å². The average molecular weight is 235 g/mol. The van der Waals surface area contributed by atoms with Crippen molar-refractivity contribution in [1.82, 2.24) is 0 Å². The Balaban J connectivity index is 0.000000189. The Morgan fingerprint density at radius 3 is 1.33 bits per heavy atom. The van der Waals surface area contributed by atoms with Gasteiger partial charge in [0.15, 0.2) is 0 Å². The van der Waals surface area contributed by atoms with Crippen LogP contribution in [0, 0.1) is 6.92 Å². The molecule has 0 amide bonds. The molecule has 66 valence electrons. The van der Waals surface area contributed by atoms with Crippen LogP contribution in [0.25, 0.3) is 0 Å². The molecule has 0 aliphatic carbocycles. The summed E-state index contributed by atoms with van der Waals surface area (Å²) in [5.74, 6) is 0. The summed E-state index contributed by atoms with van der Waals surface area (Å²) in [7, 11) is 0. The topological polar surface area (TPSA) is 0 Å². The van der Waals surface area contributed by atoms with Crippen LogP contribution >= 0.6 is 0 Å². The Bertz CT molecular complexity index is 223. The molecule has 0 aromatic heterocycles. The van der Waals surface area contributed by atoms with E-state index in [4.69, 9.17) is 0 Å². The summed E-state index contributed by atoms with van der Waals surface area (Å²) in [4.78, 5) is 0. The van der Waals surface area contributed by atoms with Gasteiger partial charge in [0, 0.05) is 26.2 Å². The maximum atomic E-state index is 2.08. The average Bonchev–Trinajstić information content (AvgIpc) is 2.57. The van der Waals surface area contributed by atoms with Crippen LogP contribution in [0.1, 0.15) is 5.56 Å². The molecule has 0 aliphatic rings. The molecule has 0 bridgehead atoms. The van der Waals surface area contributed by atoms with Crippen LogP contribution in [-0.2, 0) is 26.2 Å². The van der Waals surface area contributed by atoms with Gasteiger partial charge in [-0.2, -0.15) is 17.7 Å². The molecule has 0 atom stereocenters. The Kier molecular flexibility index (Phi) is 6.99. The number of aryl methyl sites for hydroxylation is 1. The molecule has 0 unspecified atom stereocenters. The van der Waals surface area contributed by atoms with Crippen LogP contribution in [0.15, 0.2) is 54.6 Å². The monoisotopic (exact) mass is 234 g/mol. The van der Waals surface area contributed by atoms with Crippen LogP contribution in [0.4, 0.5) is 0 Å². The molecule has 0 spiro atoms. The minimum atomic E-state index is 0. The van der Waals surface area contributed by atoms with E-state index in [9.17, 15) is 0 Å². The first-order valence-electron chi connectivity index (χ1n) is 3.74. The van der Waals surface area contributed by atoms with E-state index < -0.39 is 0 Å². The van der Waals surface area contributed by atoms with Crippen molar-refractivity contribution in [2.24, 2.45) is 0 Å². The summed E-state index contributed by atoms with van der Waals surface area (Å²) in [6.07, 6.45) is 0. The third-order valence-electron chi connectivity index (χ3n) is 1.38. The van der Waals surface area contributed by atoms with Crippen LogP contribution in [0.5, 0.6) is 0 Å². The molecule has 0 saturated heterocycles. The van der Waals surface area contributed by atoms with E-state index in [1.807, 2.05) is 42.5 Å². The minimum absolute atomic E-state index is 0. The SMILES string of the molecule is C[c-]1cccc1.[Zr].[cH-]1[cH-][cH-][cH-][cH-]1. The summed E-state index contributed by atoms with van der Waals surface area (Å²) in [5.41, 5.74) is 1.34. The van der Waals surface area contributed by atoms with Gasteiger partial charge in [-0.25, -0.2) is 12.1 Å². The van der Waals surface area contributed by atoms with Crippen molar-refractivity contribution in [3.63, 3.8) is 0 Å².